The number of fused-ring (bicyclic) bond motifs is 2. The van der Waals surface area contributed by atoms with Crippen LogP contribution >= 0.6 is 0 Å². The number of benzene rings is 2. The summed E-state index contributed by atoms with van der Waals surface area (Å²) in [5, 5.41) is 0. The van der Waals surface area contributed by atoms with Gasteiger partial charge in [0.1, 0.15) is 0 Å². The van der Waals surface area contributed by atoms with Gasteiger partial charge in [-0.15, -0.1) is 0 Å². The molecule has 4 rings (SSSR count). The maximum atomic E-state index is 13.6. The van der Waals surface area contributed by atoms with Crippen molar-refractivity contribution in [1.82, 2.24) is 4.31 Å². The van der Waals surface area contributed by atoms with E-state index in [1.54, 1.807) is 28.4 Å². The second-order valence-electron chi connectivity index (χ2n) is 9.41. The molecule has 5 nitrogen and oxygen atoms in total. The number of anilines is 1. The van der Waals surface area contributed by atoms with E-state index >= 15 is 0 Å². The van der Waals surface area contributed by atoms with Gasteiger partial charge < -0.3 is 4.90 Å². The summed E-state index contributed by atoms with van der Waals surface area (Å²) < 4.78 is 28.9. The molecule has 0 aliphatic carbocycles. The third-order valence-corrected chi connectivity index (χ3v) is 8.31. The lowest BCUT2D eigenvalue weighted by atomic mass is 9.75. The van der Waals surface area contributed by atoms with Crippen LogP contribution in [0.25, 0.3) is 0 Å². The Kier molecular flexibility index (Phi) is 4.44. The maximum Gasteiger partial charge on any atom is 0.243 e. The Morgan fingerprint density at radius 1 is 1.03 bits per heavy atom. The fourth-order valence-corrected chi connectivity index (χ4v) is 6.64. The molecule has 0 bridgehead atoms. The quantitative estimate of drug-likeness (QED) is 0.755. The van der Waals surface area contributed by atoms with Crippen LogP contribution in [0.3, 0.4) is 0 Å². The molecule has 2 heterocycles. The van der Waals surface area contributed by atoms with Crippen LogP contribution in [0.2, 0.25) is 0 Å². The van der Waals surface area contributed by atoms with Crippen LogP contribution in [-0.4, -0.2) is 38.3 Å². The van der Waals surface area contributed by atoms with Gasteiger partial charge in [-0.05, 0) is 42.5 Å². The van der Waals surface area contributed by atoms with Crippen LogP contribution in [0, 0.1) is 12.3 Å². The van der Waals surface area contributed by atoms with Gasteiger partial charge >= 0.3 is 0 Å². The van der Waals surface area contributed by atoms with E-state index < -0.39 is 15.4 Å². The van der Waals surface area contributed by atoms with Gasteiger partial charge in [-0.1, -0.05) is 56.7 Å². The number of hydrogen-bond donors (Lipinski definition) is 0. The van der Waals surface area contributed by atoms with Gasteiger partial charge in [0.2, 0.25) is 15.9 Å². The predicted octanol–water partition coefficient (Wildman–Crippen LogP) is 3.72. The molecule has 0 saturated carbocycles. The van der Waals surface area contributed by atoms with Gasteiger partial charge in [0.15, 0.2) is 0 Å². The molecule has 1 spiro atoms. The lowest BCUT2D eigenvalue weighted by Crippen LogP contribution is -2.44. The van der Waals surface area contributed by atoms with Crippen LogP contribution in [-0.2, 0) is 20.2 Å². The summed E-state index contributed by atoms with van der Waals surface area (Å²) >= 11 is 0. The number of amides is 1. The Hall–Kier alpha value is -2.18. The molecule has 1 amide bonds. The topological polar surface area (TPSA) is 57.7 Å². The van der Waals surface area contributed by atoms with E-state index in [1.165, 1.54) is 0 Å². The zero-order valence-electron chi connectivity index (χ0n) is 17.6. The average Bonchev–Trinajstić information content (AvgIpc) is 3.18. The number of aryl methyl sites for hydroxylation is 1. The number of sulfonamides is 1. The molecule has 154 valence electrons. The molecule has 0 radical (unpaired) electrons. The normalized spacial score (nSPS) is 25.1. The van der Waals surface area contributed by atoms with Crippen molar-refractivity contribution in [3.8, 4) is 0 Å². The monoisotopic (exact) mass is 412 g/mol. The second-order valence-corrected chi connectivity index (χ2v) is 11.3. The zero-order valence-corrected chi connectivity index (χ0v) is 18.5. The van der Waals surface area contributed by atoms with E-state index in [2.05, 4.69) is 0 Å². The van der Waals surface area contributed by atoms with Crippen molar-refractivity contribution < 1.29 is 13.2 Å². The van der Waals surface area contributed by atoms with Crippen molar-refractivity contribution in [3.05, 3.63) is 59.7 Å². The Balaban J connectivity index is 1.86. The molecule has 2 aliphatic heterocycles. The van der Waals surface area contributed by atoms with Gasteiger partial charge in [0, 0.05) is 25.3 Å². The number of carbonyl (C=O) groups excluding carboxylic acids is 1. The third kappa shape index (κ3) is 2.92. The zero-order chi connectivity index (χ0) is 21.2. The van der Waals surface area contributed by atoms with Crippen molar-refractivity contribution in [2.75, 3.05) is 18.5 Å². The molecule has 1 saturated heterocycles. The molecule has 0 N–H and O–H groups in total. The van der Waals surface area contributed by atoms with Gasteiger partial charge in [0.05, 0.1) is 10.3 Å². The van der Waals surface area contributed by atoms with Crippen LogP contribution in [0.15, 0.2) is 53.4 Å². The third-order valence-electron chi connectivity index (χ3n) is 6.44. The number of para-hydroxylation sites is 1. The summed E-state index contributed by atoms with van der Waals surface area (Å²) in [6, 6.07) is 14.4. The summed E-state index contributed by atoms with van der Waals surface area (Å²) in [5.41, 5.74) is 1.68. The average molecular weight is 413 g/mol. The van der Waals surface area contributed by atoms with Gasteiger partial charge in [-0.2, -0.15) is 4.31 Å². The summed E-state index contributed by atoms with van der Waals surface area (Å²) in [4.78, 5) is 15.4. The Labute approximate surface area is 173 Å². The van der Waals surface area contributed by atoms with Crippen molar-refractivity contribution in [3.63, 3.8) is 0 Å². The van der Waals surface area contributed by atoms with Crippen LogP contribution < -0.4 is 4.90 Å². The highest BCUT2D eigenvalue weighted by Crippen LogP contribution is 2.52. The standard InChI is InChI=1S/C23H28N2O3S/c1-16-10-12-17(13-11-16)29(27,28)25-15-23(14-20(25)22(2,3)4)18-8-6-7-9-19(18)24(5)21(23)26/h6-13,20H,14-15H2,1-5H3/t20-,23+/m1/s1. The highest BCUT2D eigenvalue weighted by molar-refractivity contribution is 7.89. The first-order valence-electron chi connectivity index (χ1n) is 9.95. The molecule has 2 aromatic rings. The first kappa shape index (κ1) is 20.1. The molecule has 2 aliphatic rings. The molecular formula is C23H28N2O3S. The minimum atomic E-state index is -3.73. The number of hydrogen-bond acceptors (Lipinski definition) is 3. The number of carbonyl (C=O) groups is 1. The number of nitrogens with zero attached hydrogens (tertiary/aromatic N) is 2. The van der Waals surface area contributed by atoms with Crippen molar-refractivity contribution in [2.24, 2.45) is 5.41 Å². The smallest absolute Gasteiger partial charge is 0.243 e. The summed E-state index contributed by atoms with van der Waals surface area (Å²) in [7, 11) is -1.96. The van der Waals surface area contributed by atoms with E-state index in [9.17, 15) is 13.2 Å². The summed E-state index contributed by atoms with van der Waals surface area (Å²) in [6.45, 7) is 8.24. The largest absolute Gasteiger partial charge is 0.314 e. The molecule has 2 atom stereocenters. The van der Waals surface area contributed by atoms with Crippen molar-refractivity contribution >= 4 is 21.6 Å². The first-order valence-corrected chi connectivity index (χ1v) is 11.4. The van der Waals surface area contributed by atoms with Crippen LogP contribution in [0.5, 0.6) is 0 Å². The van der Waals surface area contributed by atoms with Crippen LogP contribution in [0.1, 0.15) is 38.3 Å². The van der Waals surface area contributed by atoms with Gasteiger partial charge in [-0.3, -0.25) is 4.79 Å². The summed E-state index contributed by atoms with van der Waals surface area (Å²) in [5.74, 6) is -0.0189. The highest BCUT2D eigenvalue weighted by Gasteiger charge is 2.60. The number of rotatable bonds is 2. The Morgan fingerprint density at radius 2 is 1.66 bits per heavy atom. The predicted molar refractivity (Wildman–Crippen MR) is 114 cm³/mol. The lowest BCUT2D eigenvalue weighted by molar-refractivity contribution is -0.122. The fourth-order valence-electron chi connectivity index (χ4n) is 4.78. The first-order chi connectivity index (χ1) is 13.5. The summed E-state index contributed by atoms with van der Waals surface area (Å²) in [6.07, 6.45) is 0.488. The minimum Gasteiger partial charge on any atom is -0.314 e. The van der Waals surface area contributed by atoms with Crippen molar-refractivity contribution in [2.45, 2.75) is 50.5 Å². The fraction of sp³-hybridized carbons (Fsp3) is 0.435. The van der Waals surface area contributed by atoms with E-state index in [0.29, 0.717) is 6.42 Å². The minimum absolute atomic E-state index is 0.0189. The van der Waals surface area contributed by atoms with E-state index in [4.69, 9.17) is 0 Å². The maximum absolute atomic E-state index is 13.6. The SMILES string of the molecule is Cc1ccc(S(=O)(=O)N2C[C@]3(C[C@@H]2C(C)(C)C)C(=O)N(C)c2ccccc23)cc1. The van der Waals surface area contributed by atoms with Gasteiger partial charge in [-0.25, -0.2) is 8.42 Å². The Bertz CT molecular complexity index is 1070. The molecular weight excluding hydrogens is 384 g/mol. The molecule has 6 heteroatoms. The Morgan fingerprint density at radius 3 is 2.28 bits per heavy atom. The molecule has 2 aromatic carbocycles. The second kappa shape index (κ2) is 6.41. The molecule has 0 unspecified atom stereocenters. The van der Waals surface area contributed by atoms with E-state index in [-0.39, 0.29) is 28.8 Å². The number of likely N-dealkylation sites (N-methyl/N-ethyl adjacent to an activating group) is 1. The van der Waals surface area contributed by atoms with E-state index in [1.807, 2.05) is 64.1 Å². The lowest BCUT2D eigenvalue weighted by Gasteiger charge is -2.34. The van der Waals surface area contributed by atoms with Crippen molar-refractivity contribution in [1.29, 1.82) is 0 Å². The molecule has 29 heavy (non-hydrogen) atoms. The molecule has 0 aromatic heterocycles. The van der Waals surface area contributed by atoms with E-state index in [0.717, 1.165) is 16.8 Å². The van der Waals surface area contributed by atoms with Crippen LogP contribution in [0.4, 0.5) is 5.69 Å². The highest BCUT2D eigenvalue weighted by atomic mass is 32.2. The molecule has 1 fully saturated rings. The van der Waals surface area contributed by atoms with Gasteiger partial charge in [0.25, 0.3) is 0 Å².